The van der Waals surface area contributed by atoms with Crippen molar-refractivity contribution < 1.29 is 14.9 Å². The van der Waals surface area contributed by atoms with Crippen molar-refractivity contribution in [2.45, 2.75) is 24.9 Å². The molecular weight excluding hydrogens is 266 g/mol. The third kappa shape index (κ3) is 1.96. The van der Waals surface area contributed by atoms with Gasteiger partial charge in [0.25, 0.3) is 5.56 Å². The lowest BCUT2D eigenvalue weighted by Gasteiger charge is -2.13. The van der Waals surface area contributed by atoms with Crippen LogP contribution in [-0.2, 0) is 4.74 Å². The smallest absolute Gasteiger partial charge is 0.280 e. The quantitative estimate of drug-likeness (QED) is 0.557. The second-order valence-corrected chi connectivity index (χ2v) is 4.60. The minimum Gasteiger partial charge on any atom is -0.394 e. The molecule has 108 valence electrons. The monoisotopic (exact) mass is 281 g/mol. The van der Waals surface area contributed by atoms with E-state index in [1.165, 1.54) is 6.33 Å². The van der Waals surface area contributed by atoms with Gasteiger partial charge >= 0.3 is 0 Å². The second-order valence-electron chi connectivity index (χ2n) is 4.60. The summed E-state index contributed by atoms with van der Waals surface area (Å²) >= 11 is 0. The van der Waals surface area contributed by atoms with Crippen LogP contribution in [0.15, 0.2) is 11.1 Å². The molecule has 1 aliphatic heterocycles. The molecule has 0 spiro atoms. The van der Waals surface area contributed by atoms with Crippen LogP contribution in [0.5, 0.6) is 0 Å². The van der Waals surface area contributed by atoms with Crippen LogP contribution < -0.4 is 10.9 Å². The number of H-pyrrole nitrogens is 1. The Morgan fingerprint density at radius 3 is 3.10 bits per heavy atom. The van der Waals surface area contributed by atoms with Crippen LogP contribution in [0.25, 0.3) is 11.2 Å². The summed E-state index contributed by atoms with van der Waals surface area (Å²) in [5.41, 5.74) is 0.221. The Bertz CT molecular complexity index is 681. The van der Waals surface area contributed by atoms with Crippen LogP contribution >= 0.6 is 0 Å². The molecule has 0 amide bonds. The fourth-order valence-corrected chi connectivity index (χ4v) is 2.31. The highest BCUT2D eigenvalue weighted by Crippen LogP contribution is 2.30. The van der Waals surface area contributed by atoms with Gasteiger partial charge in [0.1, 0.15) is 12.3 Å². The molecule has 3 heterocycles. The van der Waals surface area contributed by atoms with Gasteiger partial charge in [-0.05, 0) is 0 Å². The molecule has 9 heteroatoms. The fraction of sp³-hybridized carbons (Fsp3) is 0.545. The summed E-state index contributed by atoms with van der Waals surface area (Å²) in [5.74, 6) is 0.321. The molecule has 4 N–H and O–H groups in total. The first-order valence-corrected chi connectivity index (χ1v) is 6.23. The summed E-state index contributed by atoms with van der Waals surface area (Å²) in [6, 6.07) is 0. The summed E-state index contributed by atoms with van der Waals surface area (Å²) in [6.45, 7) is -0.264. The van der Waals surface area contributed by atoms with E-state index in [1.54, 1.807) is 11.6 Å². The Kier molecular flexibility index (Phi) is 3.16. The number of aromatic amines is 1. The minimum atomic E-state index is -0.756. The third-order valence-corrected chi connectivity index (χ3v) is 3.36. The van der Waals surface area contributed by atoms with Gasteiger partial charge in [0.15, 0.2) is 11.2 Å². The van der Waals surface area contributed by atoms with Gasteiger partial charge in [0, 0.05) is 13.5 Å². The maximum absolute atomic E-state index is 11.8. The van der Waals surface area contributed by atoms with Gasteiger partial charge in [-0.25, -0.2) is 4.98 Å². The van der Waals surface area contributed by atoms with Gasteiger partial charge < -0.3 is 20.3 Å². The predicted molar refractivity (Wildman–Crippen MR) is 69.3 cm³/mol. The van der Waals surface area contributed by atoms with Crippen molar-refractivity contribution >= 4 is 17.1 Å². The third-order valence-electron chi connectivity index (χ3n) is 3.36. The number of rotatable bonds is 3. The van der Waals surface area contributed by atoms with Crippen LogP contribution in [0.2, 0.25) is 0 Å². The summed E-state index contributed by atoms with van der Waals surface area (Å²) in [5, 5.41) is 21.6. The Morgan fingerprint density at radius 2 is 2.45 bits per heavy atom. The van der Waals surface area contributed by atoms with Gasteiger partial charge in [0.2, 0.25) is 5.95 Å². The lowest BCUT2D eigenvalue weighted by molar-refractivity contribution is -0.0432. The van der Waals surface area contributed by atoms with Gasteiger partial charge in [0.05, 0.1) is 19.0 Å². The standard InChI is InChI=1S/C11H15N5O4/c1-12-11-14-9-8(10(19)15-11)13-4-16(9)7-2-5(18)6(3-17)20-7/h4-7,17-18H,2-3H2,1H3,(H2,12,14,15,19)/t5-,6+,7?/m0/s1. The highest BCUT2D eigenvalue weighted by Gasteiger charge is 2.35. The van der Waals surface area contributed by atoms with E-state index in [0.29, 0.717) is 18.0 Å². The lowest BCUT2D eigenvalue weighted by atomic mass is 10.2. The Labute approximate surface area is 113 Å². The number of aromatic nitrogens is 4. The number of aliphatic hydroxyl groups is 2. The van der Waals surface area contributed by atoms with Crippen molar-refractivity contribution in [2.24, 2.45) is 0 Å². The van der Waals surface area contributed by atoms with E-state index in [4.69, 9.17) is 9.84 Å². The molecule has 0 bridgehead atoms. The molecule has 0 aromatic carbocycles. The molecule has 0 radical (unpaired) electrons. The van der Waals surface area contributed by atoms with Gasteiger partial charge in [-0.1, -0.05) is 0 Å². The van der Waals surface area contributed by atoms with Crippen LogP contribution in [0.4, 0.5) is 5.95 Å². The van der Waals surface area contributed by atoms with Crippen molar-refractivity contribution in [1.29, 1.82) is 0 Å². The molecule has 2 aromatic heterocycles. The van der Waals surface area contributed by atoms with Gasteiger partial charge in [-0.15, -0.1) is 0 Å². The van der Waals surface area contributed by atoms with Crippen molar-refractivity contribution in [1.82, 2.24) is 19.5 Å². The van der Waals surface area contributed by atoms with Gasteiger partial charge in [-0.2, -0.15) is 4.98 Å². The second kappa shape index (κ2) is 4.85. The molecule has 3 atom stereocenters. The average Bonchev–Trinajstić information content (AvgIpc) is 3.01. The number of hydrogen-bond donors (Lipinski definition) is 4. The lowest BCUT2D eigenvalue weighted by Crippen LogP contribution is -2.24. The van der Waals surface area contributed by atoms with E-state index in [1.807, 2.05) is 0 Å². The highest BCUT2D eigenvalue weighted by atomic mass is 16.5. The zero-order chi connectivity index (χ0) is 14.3. The normalized spacial score (nSPS) is 26.2. The number of fused-ring (bicyclic) bond motifs is 1. The molecule has 20 heavy (non-hydrogen) atoms. The topological polar surface area (TPSA) is 125 Å². The molecule has 1 unspecified atom stereocenters. The fourth-order valence-electron chi connectivity index (χ4n) is 2.31. The molecule has 1 saturated heterocycles. The van der Waals surface area contributed by atoms with Crippen LogP contribution in [-0.4, -0.2) is 55.6 Å². The highest BCUT2D eigenvalue weighted by molar-refractivity contribution is 5.70. The number of ether oxygens (including phenoxy) is 1. The molecule has 0 aliphatic carbocycles. The molecule has 2 aromatic rings. The molecular formula is C11H15N5O4. The van der Waals surface area contributed by atoms with Crippen LogP contribution in [0.3, 0.4) is 0 Å². The van der Waals surface area contributed by atoms with Gasteiger partial charge in [-0.3, -0.25) is 14.3 Å². The molecule has 9 nitrogen and oxygen atoms in total. The summed E-state index contributed by atoms with van der Waals surface area (Å²) in [7, 11) is 1.64. The first-order chi connectivity index (χ1) is 9.63. The van der Waals surface area contributed by atoms with Crippen molar-refractivity contribution in [3.63, 3.8) is 0 Å². The number of hydrogen-bond acceptors (Lipinski definition) is 7. The average molecular weight is 281 g/mol. The van der Waals surface area contributed by atoms with E-state index in [-0.39, 0.29) is 17.7 Å². The van der Waals surface area contributed by atoms with E-state index in [0.717, 1.165) is 0 Å². The number of aliphatic hydroxyl groups excluding tert-OH is 2. The minimum absolute atomic E-state index is 0.203. The number of imidazole rings is 1. The van der Waals surface area contributed by atoms with E-state index in [2.05, 4.69) is 20.3 Å². The predicted octanol–water partition coefficient (Wildman–Crippen LogP) is -1.20. The first-order valence-electron chi connectivity index (χ1n) is 6.23. The Balaban J connectivity index is 2.05. The van der Waals surface area contributed by atoms with Crippen molar-refractivity contribution in [3.05, 3.63) is 16.7 Å². The van der Waals surface area contributed by atoms with E-state index >= 15 is 0 Å². The first kappa shape index (κ1) is 13.0. The Morgan fingerprint density at radius 1 is 1.65 bits per heavy atom. The zero-order valence-corrected chi connectivity index (χ0v) is 10.8. The number of nitrogens with one attached hydrogen (secondary N) is 2. The van der Waals surface area contributed by atoms with Crippen molar-refractivity contribution in [2.75, 3.05) is 19.0 Å². The van der Waals surface area contributed by atoms with Crippen molar-refractivity contribution in [3.8, 4) is 0 Å². The molecule has 1 aliphatic rings. The molecule has 3 rings (SSSR count). The zero-order valence-electron chi connectivity index (χ0n) is 10.8. The van der Waals surface area contributed by atoms with Crippen LogP contribution in [0, 0.1) is 0 Å². The summed E-state index contributed by atoms with van der Waals surface area (Å²) < 4.78 is 7.13. The molecule has 1 fully saturated rings. The van der Waals surface area contributed by atoms with Crippen LogP contribution in [0.1, 0.15) is 12.6 Å². The van der Waals surface area contributed by atoms with E-state index in [9.17, 15) is 9.90 Å². The number of anilines is 1. The van der Waals surface area contributed by atoms with E-state index < -0.39 is 18.4 Å². The maximum Gasteiger partial charge on any atom is 0.280 e. The Hall–Kier alpha value is -1.97. The maximum atomic E-state index is 11.8. The number of nitrogens with zero attached hydrogens (tertiary/aromatic N) is 3. The summed E-state index contributed by atoms with van der Waals surface area (Å²) in [6.07, 6.45) is -0.147. The largest absolute Gasteiger partial charge is 0.394 e. The summed E-state index contributed by atoms with van der Waals surface area (Å²) in [4.78, 5) is 22.6. The molecule has 0 saturated carbocycles. The SMILES string of the molecule is CNc1nc2c(ncn2C2C[C@H](O)[C@@H](CO)O2)c(=O)[nH]1.